The van der Waals surface area contributed by atoms with E-state index in [-0.39, 0.29) is 12.2 Å². The van der Waals surface area contributed by atoms with Crippen molar-refractivity contribution in [3.63, 3.8) is 0 Å². The third-order valence-corrected chi connectivity index (χ3v) is 3.88. The molecule has 0 aliphatic carbocycles. The number of carbonyl (C=O) groups is 1. The molecule has 22 heavy (non-hydrogen) atoms. The largest absolute Gasteiger partial charge is 0.348 e. The molecule has 2 aromatic carbocycles. The molecule has 114 valence electrons. The quantitative estimate of drug-likeness (QED) is 0.893. The summed E-state index contributed by atoms with van der Waals surface area (Å²) >= 11 is 3.36. The molecule has 5 heteroatoms. The molecule has 1 fully saturated rings. The number of halogens is 1. The number of amides is 1. The molecule has 1 aliphatic rings. The standard InChI is InChI=1S/C17H16BrNO3/c18-14-7-5-12(6-8-14)16(20)19-15-4-1-3-13(11-15)17-21-9-2-10-22-17/h1,3-8,11,17H,2,9-10H2,(H,19,20). The van der Waals surface area contributed by atoms with Crippen molar-refractivity contribution in [3.05, 3.63) is 64.1 Å². The number of anilines is 1. The minimum atomic E-state index is -0.349. The molecular formula is C17H16BrNO3. The van der Waals surface area contributed by atoms with Crippen LogP contribution in [0.2, 0.25) is 0 Å². The van der Waals surface area contributed by atoms with E-state index in [2.05, 4.69) is 21.2 Å². The van der Waals surface area contributed by atoms with Gasteiger partial charge in [-0.05, 0) is 42.8 Å². The number of nitrogens with one attached hydrogen (secondary N) is 1. The Morgan fingerprint density at radius 1 is 1.09 bits per heavy atom. The Balaban J connectivity index is 1.72. The molecule has 1 amide bonds. The van der Waals surface area contributed by atoms with Crippen molar-refractivity contribution in [2.45, 2.75) is 12.7 Å². The predicted octanol–water partition coefficient (Wildman–Crippen LogP) is 4.14. The predicted molar refractivity (Wildman–Crippen MR) is 87.8 cm³/mol. The van der Waals surface area contributed by atoms with Crippen LogP contribution in [-0.2, 0) is 9.47 Å². The molecule has 0 radical (unpaired) electrons. The first-order chi connectivity index (χ1) is 10.7. The van der Waals surface area contributed by atoms with Gasteiger partial charge in [0.25, 0.3) is 5.91 Å². The number of hydrogen-bond donors (Lipinski definition) is 1. The molecule has 0 atom stereocenters. The zero-order valence-electron chi connectivity index (χ0n) is 11.9. The van der Waals surface area contributed by atoms with Crippen LogP contribution in [0.4, 0.5) is 5.69 Å². The molecular weight excluding hydrogens is 346 g/mol. The summed E-state index contributed by atoms with van der Waals surface area (Å²) in [5.74, 6) is -0.143. The van der Waals surface area contributed by atoms with E-state index in [1.807, 2.05) is 36.4 Å². The summed E-state index contributed by atoms with van der Waals surface area (Å²) in [5, 5.41) is 2.89. The van der Waals surface area contributed by atoms with Gasteiger partial charge in [0.15, 0.2) is 6.29 Å². The third kappa shape index (κ3) is 3.74. The second-order valence-electron chi connectivity index (χ2n) is 5.01. The Morgan fingerprint density at radius 2 is 1.82 bits per heavy atom. The number of ether oxygens (including phenoxy) is 2. The molecule has 0 unspecified atom stereocenters. The summed E-state index contributed by atoms with van der Waals surface area (Å²) in [5.41, 5.74) is 2.25. The van der Waals surface area contributed by atoms with Crippen molar-refractivity contribution < 1.29 is 14.3 Å². The highest BCUT2D eigenvalue weighted by Gasteiger charge is 2.17. The molecule has 2 aromatic rings. The van der Waals surface area contributed by atoms with Crippen molar-refractivity contribution in [1.82, 2.24) is 0 Å². The molecule has 0 bridgehead atoms. The van der Waals surface area contributed by atoms with Gasteiger partial charge in [-0.1, -0.05) is 28.1 Å². The SMILES string of the molecule is O=C(Nc1cccc(C2OCCCO2)c1)c1ccc(Br)cc1. The number of rotatable bonds is 3. The fourth-order valence-electron chi connectivity index (χ4n) is 2.25. The van der Waals surface area contributed by atoms with Crippen molar-refractivity contribution in [1.29, 1.82) is 0 Å². The van der Waals surface area contributed by atoms with E-state index < -0.39 is 0 Å². The van der Waals surface area contributed by atoms with E-state index in [1.54, 1.807) is 12.1 Å². The van der Waals surface area contributed by atoms with Gasteiger partial charge >= 0.3 is 0 Å². The zero-order valence-corrected chi connectivity index (χ0v) is 13.5. The molecule has 0 saturated carbocycles. The van der Waals surface area contributed by atoms with Gasteiger partial charge in [0, 0.05) is 21.3 Å². The second kappa shape index (κ2) is 7.05. The maximum atomic E-state index is 12.2. The average molecular weight is 362 g/mol. The maximum absolute atomic E-state index is 12.2. The minimum Gasteiger partial charge on any atom is -0.348 e. The molecule has 1 N–H and O–H groups in total. The smallest absolute Gasteiger partial charge is 0.255 e. The first-order valence-electron chi connectivity index (χ1n) is 7.12. The summed E-state index contributed by atoms with van der Waals surface area (Å²) < 4.78 is 12.1. The average Bonchev–Trinajstić information content (AvgIpc) is 2.56. The Morgan fingerprint density at radius 3 is 2.55 bits per heavy atom. The molecule has 0 spiro atoms. The second-order valence-corrected chi connectivity index (χ2v) is 5.93. The number of carbonyl (C=O) groups excluding carboxylic acids is 1. The van der Waals surface area contributed by atoms with Crippen molar-refractivity contribution in [2.75, 3.05) is 18.5 Å². The fraction of sp³-hybridized carbons (Fsp3) is 0.235. The Kier molecular flexibility index (Phi) is 4.87. The van der Waals surface area contributed by atoms with Crippen LogP contribution in [0.1, 0.15) is 28.6 Å². The van der Waals surface area contributed by atoms with Crippen LogP contribution in [0.5, 0.6) is 0 Å². The Labute approximate surface area is 137 Å². The lowest BCUT2D eigenvalue weighted by atomic mass is 10.1. The van der Waals surface area contributed by atoms with E-state index in [1.165, 1.54) is 0 Å². The zero-order chi connectivity index (χ0) is 15.4. The van der Waals surface area contributed by atoms with Crippen molar-refractivity contribution >= 4 is 27.5 Å². The Hall–Kier alpha value is -1.69. The van der Waals surface area contributed by atoms with Crippen molar-refractivity contribution in [2.24, 2.45) is 0 Å². The highest BCUT2D eigenvalue weighted by atomic mass is 79.9. The molecule has 1 heterocycles. The van der Waals surface area contributed by atoms with Crippen LogP contribution < -0.4 is 5.32 Å². The van der Waals surface area contributed by atoms with Gasteiger partial charge in [-0.2, -0.15) is 0 Å². The lowest BCUT2D eigenvalue weighted by molar-refractivity contribution is -0.183. The summed E-state index contributed by atoms with van der Waals surface area (Å²) in [6.07, 6.45) is 0.564. The van der Waals surface area contributed by atoms with E-state index in [0.717, 1.165) is 22.1 Å². The minimum absolute atomic E-state index is 0.143. The van der Waals surface area contributed by atoms with Gasteiger partial charge in [0.1, 0.15) is 0 Å². The highest BCUT2D eigenvalue weighted by molar-refractivity contribution is 9.10. The summed E-state index contributed by atoms with van der Waals surface area (Å²) in [7, 11) is 0. The molecule has 4 nitrogen and oxygen atoms in total. The van der Waals surface area contributed by atoms with E-state index in [9.17, 15) is 4.79 Å². The van der Waals surface area contributed by atoms with Gasteiger partial charge in [0.2, 0.25) is 0 Å². The number of benzene rings is 2. The normalized spacial score (nSPS) is 15.5. The van der Waals surface area contributed by atoms with Crippen LogP contribution in [0, 0.1) is 0 Å². The van der Waals surface area contributed by atoms with Crippen LogP contribution in [-0.4, -0.2) is 19.1 Å². The third-order valence-electron chi connectivity index (χ3n) is 3.35. The molecule has 0 aromatic heterocycles. The van der Waals surface area contributed by atoms with Crippen molar-refractivity contribution in [3.8, 4) is 0 Å². The van der Waals surface area contributed by atoms with Crippen LogP contribution in [0.3, 0.4) is 0 Å². The topological polar surface area (TPSA) is 47.6 Å². The Bertz CT molecular complexity index is 651. The van der Waals surface area contributed by atoms with E-state index >= 15 is 0 Å². The van der Waals surface area contributed by atoms with Crippen LogP contribution >= 0.6 is 15.9 Å². The first-order valence-corrected chi connectivity index (χ1v) is 7.92. The highest BCUT2D eigenvalue weighted by Crippen LogP contribution is 2.25. The molecule has 1 aliphatic heterocycles. The van der Waals surface area contributed by atoms with Crippen LogP contribution in [0.25, 0.3) is 0 Å². The van der Waals surface area contributed by atoms with Crippen LogP contribution in [0.15, 0.2) is 53.0 Å². The van der Waals surface area contributed by atoms with E-state index in [4.69, 9.17) is 9.47 Å². The fourth-order valence-corrected chi connectivity index (χ4v) is 2.51. The summed E-state index contributed by atoms with van der Waals surface area (Å²) in [6, 6.07) is 14.8. The number of hydrogen-bond acceptors (Lipinski definition) is 3. The van der Waals surface area contributed by atoms with Gasteiger partial charge in [-0.25, -0.2) is 0 Å². The molecule has 1 saturated heterocycles. The monoisotopic (exact) mass is 361 g/mol. The van der Waals surface area contributed by atoms with Gasteiger partial charge in [-0.15, -0.1) is 0 Å². The first kappa shape index (κ1) is 15.2. The summed E-state index contributed by atoms with van der Waals surface area (Å²) in [4.78, 5) is 12.2. The summed E-state index contributed by atoms with van der Waals surface area (Å²) in [6.45, 7) is 1.39. The van der Waals surface area contributed by atoms with Gasteiger partial charge < -0.3 is 14.8 Å². The van der Waals surface area contributed by atoms with E-state index in [0.29, 0.717) is 18.8 Å². The maximum Gasteiger partial charge on any atom is 0.255 e. The lowest BCUT2D eigenvalue weighted by Gasteiger charge is -2.23. The molecule has 3 rings (SSSR count). The lowest BCUT2D eigenvalue weighted by Crippen LogP contribution is -2.18. The van der Waals surface area contributed by atoms with Gasteiger partial charge in [0.05, 0.1) is 13.2 Å². The van der Waals surface area contributed by atoms with Gasteiger partial charge in [-0.3, -0.25) is 4.79 Å².